The first-order chi connectivity index (χ1) is 8.46. The lowest BCUT2D eigenvalue weighted by Gasteiger charge is -2.17. The second kappa shape index (κ2) is 6.89. The van der Waals surface area contributed by atoms with Gasteiger partial charge in [0.1, 0.15) is 15.7 Å². The summed E-state index contributed by atoms with van der Waals surface area (Å²) in [5.74, 6) is 1.10. The molecule has 0 radical (unpaired) electrons. The molecule has 0 aromatic carbocycles. The van der Waals surface area contributed by atoms with Gasteiger partial charge in [0.15, 0.2) is 0 Å². The molecule has 0 spiro atoms. The molecular weight excluding hydrogens is 250 g/mol. The molecule has 0 saturated heterocycles. The molecule has 1 unspecified atom stereocenters. The molecule has 1 atom stereocenters. The zero-order valence-corrected chi connectivity index (χ0v) is 12.2. The monoisotopic (exact) mass is 273 g/mol. The third kappa shape index (κ3) is 5.18. The van der Waals surface area contributed by atoms with Gasteiger partial charge in [-0.3, -0.25) is 0 Å². The first-order valence-corrected chi connectivity index (χ1v) is 8.43. The number of sulfone groups is 1. The second-order valence-corrected chi connectivity index (χ2v) is 6.76. The average Bonchev–Trinajstić information content (AvgIpc) is 2.71. The first kappa shape index (κ1) is 15.2. The van der Waals surface area contributed by atoms with Gasteiger partial charge in [-0.15, -0.1) is 0 Å². The third-order valence-electron chi connectivity index (χ3n) is 2.76. The van der Waals surface area contributed by atoms with E-state index in [-0.39, 0.29) is 11.8 Å². The standard InChI is InChI=1S/C12H23N3O2S/c1-4-6-13-11(10-18(3,16)17)9-12-14-7-8-15(12)5-2/h7-8,11,13H,4-6,9-10H2,1-3H3. The van der Waals surface area contributed by atoms with Crippen molar-refractivity contribution < 1.29 is 8.42 Å². The summed E-state index contributed by atoms with van der Waals surface area (Å²) < 4.78 is 24.9. The van der Waals surface area contributed by atoms with Gasteiger partial charge in [0.05, 0.1) is 5.75 Å². The Hall–Kier alpha value is -0.880. The molecule has 1 aromatic heterocycles. The second-order valence-electron chi connectivity index (χ2n) is 4.58. The van der Waals surface area contributed by atoms with Crippen LogP contribution in [-0.4, -0.2) is 42.6 Å². The molecule has 0 aliphatic carbocycles. The molecule has 6 heteroatoms. The molecule has 0 aliphatic heterocycles. The molecule has 1 heterocycles. The van der Waals surface area contributed by atoms with E-state index in [1.165, 1.54) is 6.26 Å². The number of hydrogen-bond donors (Lipinski definition) is 1. The molecule has 0 bridgehead atoms. The Bertz CT molecular complexity index is 454. The number of hydrogen-bond acceptors (Lipinski definition) is 4. The number of nitrogens with zero attached hydrogens (tertiary/aromatic N) is 2. The highest BCUT2D eigenvalue weighted by Crippen LogP contribution is 2.04. The minimum absolute atomic E-state index is 0.0624. The Morgan fingerprint density at radius 1 is 1.44 bits per heavy atom. The predicted molar refractivity (Wildman–Crippen MR) is 73.4 cm³/mol. The van der Waals surface area contributed by atoms with Crippen LogP contribution in [0.3, 0.4) is 0 Å². The lowest BCUT2D eigenvalue weighted by molar-refractivity contribution is 0.511. The number of rotatable bonds is 8. The van der Waals surface area contributed by atoms with Gasteiger partial charge in [-0.25, -0.2) is 13.4 Å². The van der Waals surface area contributed by atoms with Gasteiger partial charge in [0.25, 0.3) is 0 Å². The summed E-state index contributed by atoms with van der Waals surface area (Å²) in [4.78, 5) is 4.29. The van der Waals surface area contributed by atoms with E-state index >= 15 is 0 Å². The average molecular weight is 273 g/mol. The first-order valence-electron chi connectivity index (χ1n) is 6.37. The molecule has 18 heavy (non-hydrogen) atoms. The van der Waals surface area contributed by atoms with E-state index in [4.69, 9.17) is 0 Å². The van der Waals surface area contributed by atoms with Crippen LogP contribution in [0.4, 0.5) is 0 Å². The Balaban J connectivity index is 2.71. The summed E-state index contributed by atoms with van der Waals surface area (Å²) in [7, 11) is -2.98. The molecule has 0 saturated carbocycles. The highest BCUT2D eigenvalue weighted by atomic mass is 32.2. The van der Waals surface area contributed by atoms with Gasteiger partial charge in [0.2, 0.25) is 0 Å². The van der Waals surface area contributed by atoms with Gasteiger partial charge in [-0.2, -0.15) is 0 Å². The van der Waals surface area contributed by atoms with Crippen molar-refractivity contribution >= 4 is 9.84 Å². The summed E-state index contributed by atoms with van der Waals surface area (Å²) in [6.07, 6.45) is 6.60. The largest absolute Gasteiger partial charge is 0.335 e. The van der Waals surface area contributed by atoms with Crippen molar-refractivity contribution in [2.75, 3.05) is 18.6 Å². The highest BCUT2D eigenvalue weighted by Gasteiger charge is 2.17. The van der Waals surface area contributed by atoms with E-state index in [0.29, 0.717) is 6.42 Å². The van der Waals surface area contributed by atoms with Crippen LogP contribution in [0.15, 0.2) is 12.4 Å². The van der Waals surface area contributed by atoms with Crippen molar-refractivity contribution in [3.8, 4) is 0 Å². The van der Waals surface area contributed by atoms with E-state index in [2.05, 4.69) is 24.1 Å². The normalized spacial score (nSPS) is 13.7. The van der Waals surface area contributed by atoms with Crippen LogP contribution in [0.2, 0.25) is 0 Å². The van der Waals surface area contributed by atoms with Gasteiger partial charge in [0, 0.05) is 37.7 Å². The molecule has 104 valence electrons. The zero-order chi connectivity index (χ0) is 13.6. The third-order valence-corrected chi connectivity index (χ3v) is 3.77. The fraction of sp³-hybridized carbons (Fsp3) is 0.750. The van der Waals surface area contributed by atoms with E-state index in [1.807, 2.05) is 10.8 Å². The minimum atomic E-state index is -2.98. The summed E-state index contributed by atoms with van der Waals surface area (Å²) in [5.41, 5.74) is 0. The maximum Gasteiger partial charge on any atom is 0.148 e. The number of aryl methyl sites for hydroxylation is 1. The van der Waals surface area contributed by atoms with Crippen LogP contribution in [0.1, 0.15) is 26.1 Å². The smallest absolute Gasteiger partial charge is 0.148 e. The van der Waals surface area contributed by atoms with Gasteiger partial charge >= 0.3 is 0 Å². The molecule has 1 aromatic rings. The lowest BCUT2D eigenvalue weighted by Crippen LogP contribution is -2.38. The Morgan fingerprint density at radius 2 is 2.17 bits per heavy atom. The molecule has 0 fully saturated rings. The molecule has 0 aliphatic rings. The van der Waals surface area contributed by atoms with Gasteiger partial charge in [-0.05, 0) is 19.9 Å². The fourth-order valence-corrected chi connectivity index (χ4v) is 2.91. The van der Waals surface area contributed by atoms with E-state index in [0.717, 1.165) is 25.3 Å². The van der Waals surface area contributed by atoms with E-state index in [1.54, 1.807) is 6.20 Å². The zero-order valence-electron chi connectivity index (χ0n) is 11.4. The lowest BCUT2D eigenvalue weighted by atomic mass is 10.2. The van der Waals surface area contributed by atoms with Crippen molar-refractivity contribution in [3.63, 3.8) is 0 Å². The SMILES string of the molecule is CCCNC(Cc1nccn1CC)CS(C)(=O)=O. The quantitative estimate of drug-likeness (QED) is 0.763. The highest BCUT2D eigenvalue weighted by molar-refractivity contribution is 7.90. The predicted octanol–water partition coefficient (Wildman–Crippen LogP) is 0.858. The Morgan fingerprint density at radius 3 is 2.72 bits per heavy atom. The van der Waals surface area contributed by atoms with Crippen LogP contribution < -0.4 is 5.32 Å². The summed E-state index contributed by atoms with van der Waals surface area (Å²) >= 11 is 0. The number of aromatic nitrogens is 2. The Labute approximate surface area is 110 Å². The fourth-order valence-electron chi connectivity index (χ4n) is 1.94. The summed E-state index contributed by atoms with van der Waals surface area (Å²) in [6.45, 7) is 5.80. The van der Waals surface area contributed by atoms with Crippen LogP contribution in [0.5, 0.6) is 0 Å². The van der Waals surface area contributed by atoms with Crippen molar-refractivity contribution in [3.05, 3.63) is 18.2 Å². The maximum atomic E-state index is 11.4. The van der Waals surface area contributed by atoms with Crippen molar-refractivity contribution in [1.29, 1.82) is 0 Å². The number of imidazole rings is 1. The van der Waals surface area contributed by atoms with Crippen LogP contribution in [-0.2, 0) is 22.8 Å². The van der Waals surface area contributed by atoms with E-state index < -0.39 is 9.84 Å². The van der Waals surface area contributed by atoms with E-state index in [9.17, 15) is 8.42 Å². The van der Waals surface area contributed by atoms with Gasteiger partial charge in [-0.1, -0.05) is 6.92 Å². The van der Waals surface area contributed by atoms with Crippen molar-refractivity contribution in [1.82, 2.24) is 14.9 Å². The Kier molecular flexibility index (Phi) is 5.81. The molecule has 5 nitrogen and oxygen atoms in total. The molecule has 1 N–H and O–H groups in total. The maximum absolute atomic E-state index is 11.4. The van der Waals surface area contributed by atoms with Crippen LogP contribution >= 0.6 is 0 Å². The molecule has 1 rings (SSSR count). The summed E-state index contributed by atoms with van der Waals surface area (Å²) in [5, 5.41) is 3.28. The number of nitrogens with one attached hydrogen (secondary N) is 1. The van der Waals surface area contributed by atoms with Crippen molar-refractivity contribution in [2.45, 2.75) is 39.3 Å². The van der Waals surface area contributed by atoms with Crippen LogP contribution in [0, 0.1) is 0 Å². The molecule has 0 amide bonds. The minimum Gasteiger partial charge on any atom is -0.335 e. The summed E-state index contributed by atoms with van der Waals surface area (Å²) in [6, 6.07) is -0.0624. The molecular formula is C12H23N3O2S. The van der Waals surface area contributed by atoms with Gasteiger partial charge < -0.3 is 9.88 Å². The van der Waals surface area contributed by atoms with Crippen molar-refractivity contribution in [2.24, 2.45) is 0 Å². The topological polar surface area (TPSA) is 64.0 Å². The van der Waals surface area contributed by atoms with Crippen LogP contribution in [0.25, 0.3) is 0 Å².